The molecule has 1 aliphatic rings. The summed E-state index contributed by atoms with van der Waals surface area (Å²) in [7, 11) is 0. The fourth-order valence-electron chi connectivity index (χ4n) is 2.75. The van der Waals surface area contributed by atoms with Gasteiger partial charge in [-0.15, -0.1) is 0 Å². The van der Waals surface area contributed by atoms with Crippen molar-refractivity contribution in [2.45, 2.75) is 32.6 Å². The van der Waals surface area contributed by atoms with Gasteiger partial charge in [-0.05, 0) is 61.3 Å². The fraction of sp³-hybridized carbons (Fsp3) is 0.364. The molecule has 0 saturated carbocycles. The van der Waals surface area contributed by atoms with Gasteiger partial charge in [0.1, 0.15) is 16.9 Å². The van der Waals surface area contributed by atoms with Crippen LogP contribution >= 0.6 is 34.8 Å². The maximum absolute atomic E-state index is 12.3. The number of benzene rings is 1. The van der Waals surface area contributed by atoms with Crippen LogP contribution in [-0.2, 0) is 14.3 Å². The van der Waals surface area contributed by atoms with Crippen molar-refractivity contribution in [3.63, 3.8) is 0 Å². The first-order chi connectivity index (χ1) is 14.4. The highest BCUT2D eigenvalue weighted by Gasteiger charge is 2.22. The second-order valence-corrected chi connectivity index (χ2v) is 7.98. The molecule has 162 valence electrons. The van der Waals surface area contributed by atoms with Crippen LogP contribution in [0.5, 0.6) is 0 Å². The third-order valence-electron chi connectivity index (χ3n) is 4.36. The van der Waals surface area contributed by atoms with E-state index in [4.69, 9.17) is 44.3 Å². The maximum atomic E-state index is 12.3. The second-order valence-electron chi connectivity index (χ2n) is 6.53. The lowest BCUT2D eigenvalue weighted by molar-refractivity contribution is -0.119. The number of nitrogens with one attached hydrogen (secondary N) is 1. The van der Waals surface area contributed by atoms with E-state index >= 15 is 0 Å². The third-order valence-corrected chi connectivity index (χ3v) is 4.92. The zero-order chi connectivity index (χ0) is 21.9. The molecule has 0 saturated heterocycles. The van der Waals surface area contributed by atoms with Crippen molar-refractivity contribution < 1.29 is 19.1 Å². The van der Waals surface area contributed by atoms with Crippen LogP contribution in [0, 0.1) is 0 Å². The van der Waals surface area contributed by atoms with Crippen molar-refractivity contribution in [2.24, 2.45) is 0 Å². The molecule has 0 unspecified atom stereocenters. The van der Waals surface area contributed by atoms with Crippen molar-refractivity contribution in [1.29, 1.82) is 0 Å². The van der Waals surface area contributed by atoms with E-state index in [1.165, 1.54) is 6.08 Å². The number of allylic oxidation sites excluding steroid dienone is 4. The number of hydrogen-bond donors (Lipinski definition) is 1. The van der Waals surface area contributed by atoms with Crippen molar-refractivity contribution in [3.05, 3.63) is 68.6 Å². The quantitative estimate of drug-likeness (QED) is 0.418. The molecule has 1 aromatic carbocycles. The fourth-order valence-corrected chi connectivity index (χ4v) is 3.00. The minimum atomic E-state index is -0.142. The number of amides is 1. The SMILES string of the molecule is CCC1=C(OCCCCNC(=O)c2ccc(Cl)cc2)CC(=O)C(OCC=C(Cl)Cl)=C1. The van der Waals surface area contributed by atoms with E-state index in [9.17, 15) is 9.59 Å². The normalized spacial score (nSPS) is 13.6. The molecule has 0 aromatic heterocycles. The highest BCUT2D eigenvalue weighted by molar-refractivity contribution is 6.55. The van der Waals surface area contributed by atoms with E-state index in [1.54, 1.807) is 30.3 Å². The number of rotatable bonds is 11. The molecular weight excluding hydrogens is 449 g/mol. The molecule has 1 aromatic rings. The van der Waals surface area contributed by atoms with Crippen LogP contribution in [0.15, 0.2) is 58.0 Å². The lowest BCUT2D eigenvalue weighted by Crippen LogP contribution is -2.24. The summed E-state index contributed by atoms with van der Waals surface area (Å²) in [5.74, 6) is 0.682. The van der Waals surface area contributed by atoms with Gasteiger partial charge in [0.15, 0.2) is 5.76 Å². The molecule has 1 aliphatic carbocycles. The molecule has 0 heterocycles. The van der Waals surface area contributed by atoms with Crippen molar-refractivity contribution in [1.82, 2.24) is 5.32 Å². The van der Waals surface area contributed by atoms with Crippen LogP contribution in [0.4, 0.5) is 0 Å². The molecule has 1 N–H and O–H groups in total. The average Bonchev–Trinajstić information content (AvgIpc) is 2.72. The molecule has 0 spiro atoms. The van der Waals surface area contributed by atoms with Crippen molar-refractivity contribution in [2.75, 3.05) is 19.8 Å². The number of ketones is 1. The molecule has 8 heteroatoms. The maximum Gasteiger partial charge on any atom is 0.251 e. The van der Waals surface area contributed by atoms with Gasteiger partial charge in [-0.3, -0.25) is 9.59 Å². The van der Waals surface area contributed by atoms with Crippen LogP contribution in [0.1, 0.15) is 43.0 Å². The van der Waals surface area contributed by atoms with Gasteiger partial charge >= 0.3 is 0 Å². The van der Waals surface area contributed by atoms with Crippen LogP contribution < -0.4 is 5.32 Å². The Morgan fingerprint density at radius 2 is 1.90 bits per heavy atom. The van der Waals surface area contributed by atoms with Gasteiger partial charge in [-0.1, -0.05) is 41.7 Å². The molecular formula is C22H24Cl3NO4. The van der Waals surface area contributed by atoms with Gasteiger partial charge in [-0.2, -0.15) is 0 Å². The summed E-state index contributed by atoms with van der Waals surface area (Å²) in [4.78, 5) is 24.3. The first-order valence-corrected chi connectivity index (χ1v) is 10.8. The number of ether oxygens (including phenoxy) is 2. The number of unbranched alkanes of at least 4 members (excludes halogenated alkanes) is 1. The summed E-state index contributed by atoms with van der Waals surface area (Å²) in [6.45, 7) is 3.13. The van der Waals surface area contributed by atoms with Gasteiger partial charge in [0.2, 0.25) is 5.78 Å². The van der Waals surface area contributed by atoms with Gasteiger partial charge < -0.3 is 14.8 Å². The van der Waals surface area contributed by atoms with Crippen LogP contribution in [0.3, 0.4) is 0 Å². The van der Waals surface area contributed by atoms with Crippen molar-refractivity contribution in [3.8, 4) is 0 Å². The Bertz CT molecular complexity index is 840. The largest absolute Gasteiger partial charge is 0.497 e. The van der Waals surface area contributed by atoms with Gasteiger partial charge in [0.05, 0.1) is 13.0 Å². The summed E-state index contributed by atoms with van der Waals surface area (Å²) in [6.07, 6.45) is 5.59. The van der Waals surface area contributed by atoms with E-state index in [0.717, 1.165) is 24.8 Å². The molecule has 2 rings (SSSR count). The Hall–Kier alpha value is -1.95. The number of halogens is 3. The molecule has 1 amide bonds. The Balaban J connectivity index is 1.75. The van der Waals surface area contributed by atoms with E-state index < -0.39 is 0 Å². The molecule has 0 bridgehead atoms. The minimum Gasteiger partial charge on any atom is -0.497 e. The summed E-state index contributed by atoms with van der Waals surface area (Å²) < 4.78 is 11.4. The van der Waals surface area contributed by atoms with Crippen LogP contribution in [0.25, 0.3) is 0 Å². The van der Waals surface area contributed by atoms with Gasteiger partial charge in [0, 0.05) is 17.1 Å². The smallest absolute Gasteiger partial charge is 0.251 e. The summed E-state index contributed by atoms with van der Waals surface area (Å²) in [5.41, 5.74) is 1.50. The molecule has 0 radical (unpaired) electrons. The summed E-state index contributed by atoms with van der Waals surface area (Å²) in [5, 5.41) is 3.46. The Kier molecular flexibility index (Phi) is 10.3. The predicted octanol–water partition coefficient (Wildman–Crippen LogP) is 5.72. The first kappa shape index (κ1) is 24.3. The zero-order valence-corrected chi connectivity index (χ0v) is 18.9. The summed E-state index contributed by atoms with van der Waals surface area (Å²) in [6, 6.07) is 6.74. The standard InChI is InChI=1S/C22H24Cl3NO4/c1-2-15-13-20(30-12-9-21(24)25)18(27)14-19(15)29-11-4-3-10-26-22(28)16-5-7-17(23)8-6-16/h5-9,13H,2-4,10-12,14H2,1H3,(H,26,28). The number of carbonyl (C=O) groups is 2. The molecule has 0 atom stereocenters. The molecule has 5 nitrogen and oxygen atoms in total. The average molecular weight is 473 g/mol. The number of hydrogen-bond acceptors (Lipinski definition) is 4. The highest BCUT2D eigenvalue weighted by Crippen LogP contribution is 2.25. The Morgan fingerprint density at radius 1 is 1.17 bits per heavy atom. The lowest BCUT2D eigenvalue weighted by atomic mass is 10.0. The predicted molar refractivity (Wildman–Crippen MR) is 120 cm³/mol. The Labute approximate surface area is 191 Å². The first-order valence-electron chi connectivity index (χ1n) is 9.68. The molecule has 0 fully saturated rings. The number of Topliss-reactive ketones (excluding diaryl/α,β-unsaturated/α-hetero) is 1. The topological polar surface area (TPSA) is 64.6 Å². The molecule has 0 aliphatic heterocycles. The zero-order valence-electron chi connectivity index (χ0n) is 16.7. The third kappa shape index (κ3) is 8.05. The van der Waals surface area contributed by atoms with Crippen molar-refractivity contribution >= 4 is 46.5 Å². The van der Waals surface area contributed by atoms with Gasteiger partial charge in [-0.25, -0.2) is 0 Å². The van der Waals surface area contributed by atoms with E-state index in [0.29, 0.717) is 29.5 Å². The minimum absolute atomic E-state index is 0.0958. The lowest BCUT2D eigenvalue weighted by Gasteiger charge is -2.19. The van der Waals surface area contributed by atoms with Crippen LogP contribution in [0.2, 0.25) is 5.02 Å². The van der Waals surface area contributed by atoms with E-state index in [2.05, 4.69) is 5.32 Å². The van der Waals surface area contributed by atoms with E-state index in [-0.39, 0.29) is 35.0 Å². The second kappa shape index (κ2) is 12.7. The number of carbonyl (C=O) groups excluding carboxylic acids is 2. The summed E-state index contributed by atoms with van der Waals surface area (Å²) >= 11 is 16.9. The van der Waals surface area contributed by atoms with Gasteiger partial charge in [0.25, 0.3) is 5.91 Å². The highest BCUT2D eigenvalue weighted by atomic mass is 35.5. The van der Waals surface area contributed by atoms with Crippen LogP contribution in [-0.4, -0.2) is 31.4 Å². The van der Waals surface area contributed by atoms with E-state index in [1.807, 2.05) is 6.92 Å². The monoisotopic (exact) mass is 471 g/mol. The Morgan fingerprint density at radius 3 is 2.57 bits per heavy atom. The molecule has 30 heavy (non-hydrogen) atoms.